The Balaban J connectivity index is 2.19. The normalized spacial score (nSPS) is 20.7. The van der Waals surface area contributed by atoms with E-state index in [1.807, 2.05) is 0 Å². The lowest BCUT2D eigenvalue weighted by Gasteiger charge is -2.27. The first-order valence-corrected chi connectivity index (χ1v) is 5.25. The van der Waals surface area contributed by atoms with Crippen molar-refractivity contribution < 1.29 is 19.7 Å². The number of rotatable bonds is 2. The van der Waals surface area contributed by atoms with E-state index in [1.54, 1.807) is 25.1 Å². The Kier molecular flexibility index (Phi) is 2.73. The maximum Gasteiger partial charge on any atom is 0.306 e. The van der Waals surface area contributed by atoms with Crippen molar-refractivity contribution >= 4 is 5.97 Å². The minimum absolute atomic E-state index is 0.0354. The van der Waals surface area contributed by atoms with Crippen LogP contribution in [0.4, 0.5) is 0 Å². The maximum absolute atomic E-state index is 10.9. The summed E-state index contributed by atoms with van der Waals surface area (Å²) in [6, 6.07) is 4.92. The van der Waals surface area contributed by atoms with Gasteiger partial charge in [-0.15, -0.1) is 0 Å². The number of benzene rings is 1. The lowest BCUT2D eigenvalue weighted by atomic mass is 9.87. The molecule has 1 heterocycles. The molecule has 1 aliphatic heterocycles. The van der Waals surface area contributed by atoms with Crippen LogP contribution in [0.2, 0.25) is 0 Å². The van der Waals surface area contributed by atoms with Gasteiger partial charge in [0.05, 0.1) is 12.5 Å². The molecule has 2 N–H and O–H groups in total. The van der Waals surface area contributed by atoms with Crippen LogP contribution in [-0.4, -0.2) is 22.8 Å². The molecule has 0 fully saturated rings. The zero-order chi connectivity index (χ0) is 11.7. The number of phenols is 1. The maximum atomic E-state index is 10.9. The van der Waals surface area contributed by atoms with Gasteiger partial charge < -0.3 is 14.9 Å². The zero-order valence-electron chi connectivity index (χ0n) is 9.01. The van der Waals surface area contributed by atoms with Crippen LogP contribution in [0.3, 0.4) is 0 Å². The highest BCUT2D eigenvalue weighted by atomic mass is 16.5. The van der Waals surface area contributed by atoms with E-state index >= 15 is 0 Å². The molecule has 1 aromatic rings. The smallest absolute Gasteiger partial charge is 0.306 e. The molecule has 86 valence electrons. The summed E-state index contributed by atoms with van der Waals surface area (Å²) in [7, 11) is 0. The van der Waals surface area contributed by atoms with Gasteiger partial charge in [0.25, 0.3) is 0 Å². The van der Waals surface area contributed by atoms with Gasteiger partial charge in [-0.3, -0.25) is 4.79 Å². The number of aromatic hydroxyl groups is 1. The highest BCUT2D eigenvalue weighted by Crippen LogP contribution is 2.32. The van der Waals surface area contributed by atoms with Gasteiger partial charge in [0.15, 0.2) is 0 Å². The summed E-state index contributed by atoms with van der Waals surface area (Å²) in [5.74, 6) is -0.350. The number of aliphatic carboxylic acids is 1. The van der Waals surface area contributed by atoms with Gasteiger partial charge in [0.2, 0.25) is 0 Å². The molecule has 4 heteroatoms. The van der Waals surface area contributed by atoms with Gasteiger partial charge in [-0.05, 0) is 30.2 Å². The van der Waals surface area contributed by atoms with Gasteiger partial charge in [0.1, 0.15) is 11.5 Å². The van der Waals surface area contributed by atoms with Crippen molar-refractivity contribution in [1.82, 2.24) is 0 Å². The fraction of sp³-hybridized carbons (Fsp3) is 0.417. The summed E-state index contributed by atoms with van der Waals surface area (Å²) >= 11 is 0. The van der Waals surface area contributed by atoms with Crippen LogP contribution < -0.4 is 4.74 Å². The molecule has 0 saturated carbocycles. The van der Waals surface area contributed by atoms with Crippen molar-refractivity contribution in [2.24, 2.45) is 11.8 Å². The Morgan fingerprint density at radius 3 is 3.00 bits per heavy atom. The minimum atomic E-state index is -0.808. The number of carbonyl (C=O) groups is 1. The monoisotopic (exact) mass is 222 g/mol. The molecule has 1 aromatic carbocycles. The van der Waals surface area contributed by atoms with Crippen molar-refractivity contribution in [2.45, 2.75) is 13.3 Å². The Bertz CT molecular complexity index is 413. The van der Waals surface area contributed by atoms with Crippen molar-refractivity contribution in [3.05, 3.63) is 23.8 Å². The van der Waals surface area contributed by atoms with E-state index in [0.29, 0.717) is 13.0 Å². The molecule has 0 spiro atoms. The highest BCUT2D eigenvalue weighted by molar-refractivity contribution is 5.70. The van der Waals surface area contributed by atoms with E-state index < -0.39 is 11.9 Å². The second-order valence-electron chi connectivity index (χ2n) is 4.19. The molecular weight excluding hydrogens is 208 g/mol. The van der Waals surface area contributed by atoms with Gasteiger partial charge in [-0.1, -0.05) is 6.92 Å². The molecular formula is C12H14O4. The molecule has 4 nitrogen and oxygen atoms in total. The molecule has 0 saturated heterocycles. The van der Waals surface area contributed by atoms with Crippen LogP contribution in [0.1, 0.15) is 12.5 Å². The second kappa shape index (κ2) is 4.04. The van der Waals surface area contributed by atoms with Gasteiger partial charge >= 0.3 is 5.97 Å². The van der Waals surface area contributed by atoms with Crippen molar-refractivity contribution in [3.8, 4) is 11.5 Å². The third-order valence-corrected chi connectivity index (χ3v) is 3.08. The first-order chi connectivity index (χ1) is 7.58. The fourth-order valence-electron chi connectivity index (χ4n) is 1.93. The number of fused-ring (bicyclic) bond motifs is 1. The molecule has 0 bridgehead atoms. The van der Waals surface area contributed by atoms with E-state index in [0.717, 1.165) is 11.3 Å². The highest BCUT2D eigenvalue weighted by Gasteiger charge is 2.28. The van der Waals surface area contributed by atoms with Crippen molar-refractivity contribution in [3.63, 3.8) is 0 Å². The number of carboxylic acid groups (broad SMARTS) is 1. The molecule has 0 aromatic heterocycles. The Hall–Kier alpha value is -1.71. The van der Waals surface area contributed by atoms with Crippen LogP contribution in [0.25, 0.3) is 0 Å². The van der Waals surface area contributed by atoms with E-state index in [1.165, 1.54) is 0 Å². The summed E-state index contributed by atoms with van der Waals surface area (Å²) < 4.78 is 5.49. The zero-order valence-corrected chi connectivity index (χ0v) is 9.01. The van der Waals surface area contributed by atoms with Crippen LogP contribution in [0.15, 0.2) is 18.2 Å². The lowest BCUT2D eigenvalue weighted by Crippen LogP contribution is -2.30. The predicted octanol–water partition coefficient (Wildman–Crippen LogP) is 1.66. The topological polar surface area (TPSA) is 66.8 Å². The number of ether oxygens (including phenoxy) is 1. The molecule has 0 aliphatic carbocycles. The number of hydrogen-bond acceptors (Lipinski definition) is 3. The number of hydrogen-bond donors (Lipinski definition) is 2. The first kappa shape index (κ1) is 10.8. The van der Waals surface area contributed by atoms with Crippen LogP contribution in [-0.2, 0) is 11.2 Å². The van der Waals surface area contributed by atoms with E-state index in [-0.39, 0.29) is 11.7 Å². The third kappa shape index (κ3) is 1.96. The molecule has 2 atom stereocenters. The summed E-state index contributed by atoms with van der Waals surface area (Å²) in [4.78, 5) is 10.9. The Morgan fingerprint density at radius 1 is 1.56 bits per heavy atom. The molecule has 0 amide bonds. The summed E-state index contributed by atoms with van der Waals surface area (Å²) in [6.07, 6.45) is 0.636. The molecule has 1 aliphatic rings. The predicted molar refractivity (Wildman–Crippen MR) is 57.6 cm³/mol. The van der Waals surface area contributed by atoms with Crippen LogP contribution in [0.5, 0.6) is 11.5 Å². The molecule has 0 radical (unpaired) electrons. The fourth-order valence-corrected chi connectivity index (χ4v) is 1.93. The van der Waals surface area contributed by atoms with E-state index in [2.05, 4.69) is 0 Å². The summed E-state index contributed by atoms with van der Waals surface area (Å²) in [6.45, 7) is 2.11. The molecule has 16 heavy (non-hydrogen) atoms. The number of carboxylic acids is 1. The summed E-state index contributed by atoms with van der Waals surface area (Å²) in [5.41, 5.74) is 0.879. The van der Waals surface area contributed by atoms with Gasteiger partial charge in [-0.2, -0.15) is 0 Å². The first-order valence-electron chi connectivity index (χ1n) is 5.25. The number of phenolic OH excluding ortho intramolecular Hbond substituents is 1. The average Bonchev–Trinajstić information content (AvgIpc) is 2.26. The quantitative estimate of drug-likeness (QED) is 0.798. The molecule has 2 unspecified atom stereocenters. The van der Waals surface area contributed by atoms with Crippen molar-refractivity contribution in [1.29, 1.82) is 0 Å². The largest absolute Gasteiger partial charge is 0.508 e. The third-order valence-electron chi connectivity index (χ3n) is 3.08. The lowest BCUT2D eigenvalue weighted by molar-refractivity contribution is -0.143. The minimum Gasteiger partial charge on any atom is -0.508 e. The van der Waals surface area contributed by atoms with Gasteiger partial charge in [-0.25, -0.2) is 0 Å². The van der Waals surface area contributed by atoms with Crippen LogP contribution in [0, 0.1) is 11.8 Å². The Labute approximate surface area is 93.5 Å². The van der Waals surface area contributed by atoms with Crippen molar-refractivity contribution in [2.75, 3.05) is 6.61 Å². The standard InChI is InChI=1S/C12H14O4/c1-7(12(14)15)9-4-8-5-10(13)2-3-11(8)16-6-9/h2-3,5,7,9,13H,4,6H2,1H3,(H,14,15). The SMILES string of the molecule is CC(C(=O)O)C1COc2ccc(O)cc2C1. The molecule has 2 rings (SSSR count). The van der Waals surface area contributed by atoms with E-state index in [4.69, 9.17) is 9.84 Å². The van der Waals surface area contributed by atoms with E-state index in [9.17, 15) is 9.90 Å². The van der Waals surface area contributed by atoms with Gasteiger partial charge in [0, 0.05) is 5.92 Å². The summed E-state index contributed by atoms with van der Waals surface area (Å²) in [5, 5.41) is 18.3. The van der Waals surface area contributed by atoms with Crippen LogP contribution >= 0.6 is 0 Å². The second-order valence-corrected chi connectivity index (χ2v) is 4.19. The Morgan fingerprint density at radius 2 is 2.31 bits per heavy atom. The average molecular weight is 222 g/mol.